The predicted molar refractivity (Wildman–Crippen MR) is 73.8 cm³/mol. The maximum atomic E-state index is 6.05. The normalized spacial score (nSPS) is 11.0. The van der Waals surface area contributed by atoms with Crippen LogP contribution >= 0.6 is 11.6 Å². The van der Waals surface area contributed by atoms with Gasteiger partial charge in [-0.1, -0.05) is 31.5 Å². The first kappa shape index (κ1) is 13.0. The zero-order valence-electron chi connectivity index (χ0n) is 11.0. The van der Waals surface area contributed by atoms with Gasteiger partial charge in [0.25, 0.3) is 0 Å². The van der Waals surface area contributed by atoms with Crippen LogP contribution in [0.2, 0.25) is 5.15 Å². The van der Waals surface area contributed by atoms with Crippen molar-refractivity contribution in [2.45, 2.75) is 33.6 Å². The smallest absolute Gasteiger partial charge is 0.180 e. The Balaban J connectivity index is 2.56. The molecule has 0 spiro atoms. The molecule has 2 aromatic heterocycles. The van der Waals surface area contributed by atoms with Gasteiger partial charge >= 0.3 is 0 Å². The molecule has 2 heterocycles. The maximum absolute atomic E-state index is 6.05. The van der Waals surface area contributed by atoms with Crippen molar-refractivity contribution in [3.63, 3.8) is 0 Å². The van der Waals surface area contributed by atoms with Crippen LogP contribution in [-0.2, 0) is 0 Å². The molecule has 0 atom stereocenters. The van der Waals surface area contributed by atoms with Crippen molar-refractivity contribution in [2.75, 3.05) is 0 Å². The van der Waals surface area contributed by atoms with Gasteiger partial charge in [0.1, 0.15) is 10.8 Å². The summed E-state index contributed by atoms with van der Waals surface area (Å²) in [6.45, 7) is 8.19. The van der Waals surface area contributed by atoms with Crippen LogP contribution in [-0.4, -0.2) is 15.0 Å². The minimum atomic E-state index is 0.315. The Morgan fingerprint density at radius 3 is 2.44 bits per heavy atom. The van der Waals surface area contributed by atoms with Crippen molar-refractivity contribution >= 4 is 11.6 Å². The first-order chi connectivity index (χ1) is 8.47. The molecule has 94 valence electrons. The maximum Gasteiger partial charge on any atom is 0.180 e. The van der Waals surface area contributed by atoms with Crippen LogP contribution in [0.4, 0.5) is 0 Å². The first-order valence-electron chi connectivity index (χ1n) is 5.95. The van der Waals surface area contributed by atoms with Gasteiger partial charge in [-0.15, -0.1) is 0 Å². The zero-order chi connectivity index (χ0) is 13.3. The lowest BCUT2D eigenvalue weighted by Gasteiger charge is -2.09. The monoisotopic (exact) mass is 261 g/mol. The van der Waals surface area contributed by atoms with Crippen molar-refractivity contribution < 1.29 is 0 Å². The van der Waals surface area contributed by atoms with Gasteiger partial charge in [0.15, 0.2) is 5.82 Å². The Bertz CT molecular complexity index is 579. The number of aromatic nitrogens is 3. The topological polar surface area (TPSA) is 38.7 Å². The van der Waals surface area contributed by atoms with Crippen molar-refractivity contribution in [1.29, 1.82) is 0 Å². The van der Waals surface area contributed by atoms with Crippen molar-refractivity contribution in [3.8, 4) is 11.5 Å². The summed E-state index contributed by atoms with van der Waals surface area (Å²) >= 11 is 6.05. The Hall–Kier alpha value is -1.48. The van der Waals surface area contributed by atoms with E-state index in [1.54, 1.807) is 6.07 Å². The standard InChI is InChI=1S/C14H16ClN3/c1-8(2)11-6-12(15)18-14(17-11)13-10(4)5-9(3)7-16-13/h5-8H,1-4H3. The molecule has 0 amide bonds. The van der Waals surface area contributed by atoms with Crippen LogP contribution in [0.15, 0.2) is 18.3 Å². The highest BCUT2D eigenvalue weighted by atomic mass is 35.5. The quantitative estimate of drug-likeness (QED) is 0.769. The predicted octanol–water partition coefficient (Wildman–Crippen LogP) is 3.93. The number of hydrogen-bond donors (Lipinski definition) is 0. The molecule has 0 saturated carbocycles. The molecular formula is C14H16ClN3. The van der Waals surface area contributed by atoms with E-state index in [0.717, 1.165) is 22.5 Å². The Morgan fingerprint density at radius 1 is 1.11 bits per heavy atom. The summed E-state index contributed by atoms with van der Waals surface area (Å²) in [6, 6.07) is 3.88. The van der Waals surface area contributed by atoms with E-state index in [2.05, 4.69) is 34.9 Å². The first-order valence-corrected chi connectivity index (χ1v) is 6.33. The fourth-order valence-corrected chi connectivity index (χ4v) is 1.98. The van der Waals surface area contributed by atoms with Gasteiger partial charge in [0.2, 0.25) is 0 Å². The van der Waals surface area contributed by atoms with E-state index >= 15 is 0 Å². The largest absolute Gasteiger partial charge is 0.252 e. The summed E-state index contributed by atoms with van der Waals surface area (Å²) in [7, 11) is 0. The molecule has 2 aromatic rings. The van der Waals surface area contributed by atoms with Crippen molar-refractivity contribution in [3.05, 3.63) is 40.3 Å². The highest BCUT2D eigenvalue weighted by molar-refractivity contribution is 6.29. The van der Waals surface area contributed by atoms with Crippen LogP contribution in [0.5, 0.6) is 0 Å². The number of halogens is 1. The second-order valence-corrected chi connectivity index (χ2v) is 5.16. The number of pyridine rings is 1. The van der Waals surface area contributed by atoms with Gasteiger partial charge < -0.3 is 0 Å². The van der Waals surface area contributed by atoms with Gasteiger partial charge in [0, 0.05) is 11.9 Å². The van der Waals surface area contributed by atoms with Crippen molar-refractivity contribution in [2.24, 2.45) is 0 Å². The highest BCUT2D eigenvalue weighted by Crippen LogP contribution is 2.23. The summed E-state index contributed by atoms with van der Waals surface area (Å²) in [4.78, 5) is 13.2. The summed E-state index contributed by atoms with van der Waals surface area (Å²) in [6.07, 6.45) is 1.82. The Labute approximate surface area is 112 Å². The van der Waals surface area contributed by atoms with E-state index in [1.807, 2.05) is 20.0 Å². The van der Waals surface area contributed by atoms with E-state index in [4.69, 9.17) is 11.6 Å². The second kappa shape index (κ2) is 5.02. The molecule has 0 unspecified atom stereocenters. The summed E-state index contributed by atoms with van der Waals surface area (Å²) in [5.74, 6) is 0.915. The van der Waals surface area contributed by atoms with E-state index in [9.17, 15) is 0 Å². The van der Waals surface area contributed by atoms with Gasteiger partial charge in [-0.2, -0.15) is 0 Å². The molecule has 0 aliphatic rings. The average Bonchev–Trinajstić information content (AvgIpc) is 2.27. The Morgan fingerprint density at radius 2 is 1.83 bits per heavy atom. The molecule has 0 aliphatic carbocycles. The van der Waals surface area contributed by atoms with E-state index in [1.165, 1.54) is 0 Å². The molecule has 0 radical (unpaired) electrons. The average molecular weight is 262 g/mol. The van der Waals surface area contributed by atoms with Crippen LogP contribution in [0.1, 0.15) is 36.6 Å². The van der Waals surface area contributed by atoms with E-state index in [-0.39, 0.29) is 0 Å². The van der Waals surface area contributed by atoms with E-state index in [0.29, 0.717) is 16.9 Å². The number of nitrogens with zero attached hydrogens (tertiary/aromatic N) is 3. The van der Waals surface area contributed by atoms with Gasteiger partial charge in [-0.05, 0) is 37.0 Å². The van der Waals surface area contributed by atoms with Crippen LogP contribution in [0.25, 0.3) is 11.5 Å². The van der Waals surface area contributed by atoms with Crippen LogP contribution in [0.3, 0.4) is 0 Å². The summed E-state index contributed by atoms with van der Waals surface area (Å²) < 4.78 is 0. The number of aryl methyl sites for hydroxylation is 2. The van der Waals surface area contributed by atoms with Gasteiger partial charge in [-0.25, -0.2) is 9.97 Å². The lowest BCUT2D eigenvalue weighted by Crippen LogP contribution is -2.00. The molecule has 0 bridgehead atoms. The SMILES string of the molecule is Cc1cnc(-c2nc(Cl)cc(C(C)C)n2)c(C)c1. The second-order valence-electron chi connectivity index (χ2n) is 4.77. The lowest BCUT2D eigenvalue weighted by molar-refractivity contribution is 0.815. The molecule has 2 rings (SSSR count). The van der Waals surface area contributed by atoms with Gasteiger partial charge in [-0.3, -0.25) is 4.98 Å². The van der Waals surface area contributed by atoms with Crippen LogP contribution in [0, 0.1) is 13.8 Å². The third-order valence-electron chi connectivity index (χ3n) is 2.73. The molecular weight excluding hydrogens is 246 g/mol. The lowest BCUT2D eigenvalue weighted by atomic mass is 10.1. The molecule has 0 saturated heterocycles. The summed E-state index contributed by atoms with van der Waals surface area (Å²) in [5.41, 5.74) is 3.92. The zero-order valence-corrected chi connectivity index (χ0v) is 11.8. The molecule has 0 fully saturated rings. The fraction of sp³-hybridized carbons (Fsp3) is 0.357. The number of hydrogen-bond acceptors (Lipinski definition) is 3. The highest BCUT2D eigenvalue weighted by Gasteiger charge is 2.11. The summed E-state index contributed by atoms with van der Waals surface area (Å²) in [5, 5.41) is 0.463. The Kier molecular flexibility index (Phi) is 3.62. The van der Waals surface area contributed by atoms with Crippen LogP contribution < -0.4 is 0 Å². The fourth-order valence-electron chi connectivity index (χ4n) is 1.79. The molecule has 4 heteroatoms. The third kappa shape index (κ3) is 2.67. The number of rotatable bonds is 2. The minimum absolute atomic E-state index is 0.315. The molecule has 0 aromatic carbocycles. The van der Waals surface area contributed by atoms with E-state index < -0.39 is 0 Å². The molecule has 0 aliphatic heterocycles. The third-order valence-corrected chi connectivity index (χ3v) is 2.93. The minimum Gasteiger partial charge on any atom is -0.252 e. The van der Waals surface area contributed by atoms with Gasteiger partial charge in [0.05, 0.1) is 0 Å². The van der Waals surface area contributed by atoms with Crippen molar-refractivity contribution in [1.82, 2.24) is 15.0 Å². The molecule has 18 heavy (non-hydrogen) atoms. The molecule has 0 N–H and O–H groups in total. The molecule has 3 nitrogen and oxygen atoms in total.